The highest BCUT2D eigenvalue weighted by atomic mass is 16.2. The molecule has 0 aliphatic rings. The van der Waals surface area contributed by atoms with Crippen LogP contribution in [0.4, 0.5) is 11.5 Å². The molecule has 20 heavy (non-hydrogen) atoms. The first-order valence-electron chi connectivity index (χ1n) is 6.08. The minimum atomic E-state index is -0.160. The van der Waals surface area contributed by atoms with Gasteiger partial charge >= 0.3 is 0 Å². The zero-order chi connectivity index (χ0) is 14.5. The average Bonchev–Trinajstić information content (AvgIpc) is 2.53. The van der Waals surface area contributed by atoms with Crippen LogP contribution in [0.25, 0.3) is 0 Å². The van der Waals surface area contributed by atoms with Gasteiger partial charge in [-0.2, -0.15) is 5.26 Å². The largest absolute Gasteiger partial charge is 0.372 e. The number of carbonyl (C=O) groups is 1. The number of nitriles is 1. The van der Waals surface area contributed by atoms with Crippen molar-refractivity contribution >= 4 is 17.4 Å². The second kappa shape index (κ2) is 5.85. The van der Waals surface area contributed by atoms with E-state index in [1.165, 1.54) is 4.90 Å². The second-order valence-electron chi connectivity index (χ2n) is 4.17. The van der Waals surface area contributed by atoms with Gasteiger partial charge in [-0.3, -0.25) is 4.79 Å². The molecule has 0 spiro atoms. The molecule has 0 radical (unpaired) electrons. The number of pyridine rings is 1. The van der Waals surface area contributed by atoms with E-state index in [1.54, 1.807) is 56.7 Å². The fraction of sp³-hybridized carbons (Fsp3) is 0.133. The summed E-state index contributed by atoms with van der Waals surface area (Å²) in [6, 6.07) is 12.3. The Morgan fingerprint density at radius 1 is 1.30 bits per heavy atom. The summed E-state index contributed by atoms with van der Waals surface area (Å²) in [4.78, 5) is 18.1. The highest BCUT2D eigenvalue weighted by Crippen LogP contribution is 2.19. The van der Waals surface area contributed by atoms with Gasteiger partial charge in [-0.15, -0.1) is 0 Å². The first-order chi connectivity index (χ1) is 9.67. The standard InChI is InChI=1S/C15H14N4O/c1-17-14-13(4-3-9-18-14)15(20)19(2)12-7-5-11(10-16)6-8-12/h3-9H,1-2H3,(H,17,18). The SMILES string of the molecule is CNc1ncccc1C(=O)N(C)c1ccc(C#N)cc1. The van der Waals surface area contributed by atoms with Crippen molar-refractivity contribution < 1.29 is 4.79 Å². The van der Waals surface area contributed by atoms with E-state index in [0.29, 0.717) is 16.9 Å². The van der Waals surface area contributed by atoms with E-state index in [1.807, 2.05) is 6.07 Å². The zero-order valence-electron chi connectivity index (χ0n) is 11.3. The number of rotatable bonds is 3. The third kappa shape index (κ3) is 2.59. The molecule has 2 aromatic rings. The van der Waals surface area contributed by atoms with Crippen LogP contribution in [0.3, 0.4) is 0 Å². The lowest BCUT2D eigenvalue weighted by molar-refractivity contribution is 0.0993. The Bertz CT molecular complexity index is 658. The molecule has 1 N–H and O–H groups in total. The third-order valence-electron chi connectivity index (χ3n) is 2.96. The Kier molecular flexibility index (Phi) is 3.96. The maximum absolute atomic E-state index is 12.5. The molecule has 1 amide bonds. The van der Waals surface area contributed by atoms with Gasteiger partial charge < -0.3 is 10.2 Å². The molecule has 1 aromatic heterocycles. The van der Waals surface area contributed by atoms with E-state index in [-0.39, 0.29) is 5.91 Å². The van der Waals surface area contributed by atoms with Crippen molar-refractivity contribution in [1.29, 1.82) is 5.26 Å². The maximum atomic E-state index is 12.5. The summed E-state index contributed by atoms with van der Waals surface area (Å²) in [5, 5.41) is 11.7. The molecule has 0 saturated heterocycles. The predicted octanol–water partition coefficient (Wildman–Crippen LogP) is 2.27. The first kappa shape index (κ1) is 13.6. The molecule has 2 rings (SSSR count). The molecule has 0 unspecified atom stereocenters. The summed E-state index contributed by atoms with van der Waals surface area (Å²) in [7, 11) is 3.41. The van der Waals surface area contributed by atoms with Gasteiger partial charge in [0.1, 0.15) is 5.82 Å². The lowest BCUT2D eigenvalue weighted by Gasteiger charge is -2.18. The number of nitrogens with one attached hydrogen (secondary N) is 1. The molecule has 0 aliphatic carbocycles. The number of benzene rings is 1. The van der Waals surface area contributed by atoms with Gasteiger partial charge in [0.2, 0.25) is 0 Å². The van der Waals surface area contributed by atoms with Crippen molar-refractivity contribution in [2.24, 2.45) is 0 Å². The smallest absolute Gasteiger partial charge is 0.261 e. The van der Waals surface area contributed by atoms with Crippen molar-refractivity contribution in [3.63, 3.8) is 0 Å². The lowest BCUT2D eigenvalue weighted by Crippen LogP contribution is -2.27. The molecule has 0 fully saturated rings. The van der Waals surface area contributed by atoms with Crippen LogP contribution in [-0.4, -0.2) is 25.0 Å². The van der Waals surface area contributed by atoms with E-state index in [9.17, 15) is 4.79 Å². The summed E-state index contributed by atoms with van der Waals surface area (Å²) in [5.74, 6) is 0.380. The Balaban J connectivity index is 2.30. The van der Waals surface area contributed by atoms with Gasteiger partial charge in [-0.25, -0.2) is 4.98 Å². The van der Waals surface area contributed by atoms with Crippen LogP contribution in [-0.2, 0) is 0 Å². The minimum absolute atomic E-state index is 0.160. The molecule has 0 atom stereocenters. The van der Waals surface area contributed by atoms with Crippen LogP contribution in [0.2, 0.25) is 0 Å². The van der Waals surface area contributed by atoms with Gasteiger partial charge in [0.05, 0.1) is 17.2 Å². The normalized spacial score (nSPS) is 9.65. The molecule has 0 bridgehead atoms. The van der Waals surface area contributed by atoms with Crippen LogP contribution in [0, 0.1) is 11.3 Å². The zero-order valence-corrected chi connectivity index (χ0v) is 11.3. The molecular formula is C15H14N4O. The first-order valence-corrected chi connectivity index (χ1v) is 6.08. The van der Waals surface area contributed by atoms with E-state index < -0.39 is 0 Å². The van der Waals surface area contributed by atoms with Gasteiger partial charge in [0.25, 0.3) is 5.91 Å². The van der Waals surface area contributed by atoms with Crippen LogP contribution in [0.5, 0.6) is 0 Å². The van der Waals surface area contributed by atoms with Gasteiger partial charge in [0.15, 0.2) is 0 Å². The van der Waals surface area contributed by atoms with E-state index in [4.69, 9.17) is 5.26 Å². The van der Waals surface area contributed by atoms with Crippen LogP contribution < -0.4 is 10.2 Å². The Morgan fingerprint density at radius 2 is 2.00 bits per heavy atom. The average molecular weight is 266 g/mol. The van der Waals surface area contributed by atoms with Crippen molar-refractivity contribution in [3.05, 3.63) is 53.7 Å². The number of anilines is 2. The van der Waals surface area contributed by atoms with Crippen molar-refractivity contribution in [1.82, 2.24) is 4.98 Å². The lowest BCUT2D eigenvalue weighted by atomic mass is 10.2. The van der Waals surface area contributed by atoms with E-state index in [0.717, 1.165) is 5.69 Å². The Morgan fingerprint density at radius 3 is 2.60 bits per heavy atom. The fourth-order valence-corrected chi connectivity index (χ4v) is 1.83. The topological polar surface area (TPSA) is 69.0 Å². The van der Waals surface area contributed by atoms with Gasteiger partial charge in [0, 0.05) is 26.0 Å². The Labute approximate surface area is 117 Å². The Hall–Kier alpha value is -2.87. The van der Waals surface area contributed by atoms with Crippen molar-refractivity contribution in [2.75, 3.05) is 24.3 Å². The number of amides is 1. The van der Waals surface area contributed by atoms with Crippen LogP contribution in [0.1, 0.15) is 15.9 Å². The molecule has 1 aromatic carbocycles. The molecule has 5 heteroatoms. The van der Waals surface area contributed by atoms with Crippen LogP contribution >= 0.6 is 0 Å². The highest BCUT2D eigenvalue weighted by Gasteiger charge is 2.17. The number of nitrogens with zero attached hydrogens (tertiary/aromatic N) is 3. The number of hydrogen-bond donors (Lipinski definition) is 1. The van der Waals surface area contributed by atoms with E-state index >= 15 is 0 Å². The molecule has 0 saturated carbocycles. The minimum Gasteiger partial charge on any atom is -0.372 e. The molecule has 0 aliphatic heterocycles. The van der Waals surface area contributed by atoms with Gasteiger partial charge in [-0.1, -0.05) is 0 Å². The summed E-state index contributed by atoms with van der Waals surface area (Å²) in [5.41, 5.74) is 1.79. The van der Waals surface area contributed by atoms with Crippen LogP contribution in [0.15, 0.2) is 42.6 Å². The predicted molar refractivity (Wildman–Crippen MR) is 77.7 cm³/mol. The summed E-state index contributed by atoms with van der Waals surface area (Å²) in [6.07, 6.45) is 1.63. The van der Waals surface area contributed by atoms with Crippen molar-refractivity contribution in [2.45, 2.75) is 0 Å². The van der Waals surface area contributed by atoms with Gasteiger partial charge in [-0.05, 0) is 36.4 Å². The summed E-state index contributed by atoms with van der Waals surface area (Å²) in [6.45, 7) is 0. The summed E-state index contributed by atoms with van der Waals surface area (Å²) >= 11 is 0. The number of aromatic nitrogens is 1. The fourth-order valence-electron chi connectivity index (χ4n) is 1.83. The maximum Gasteiger partial charge on any atom is 0.261 e. The molecule has 100 valence electrons. The number of carbonyl (C=O) groups excluding carboxylic acids is 1. The van der Waals surface area contributed by atoms with Crippen molar-refractivity contribution in [3.8, 4) is 6.07 Å². The summed E-state index contributed by atoms with van der Waals surface area (Å²) < 4.78 is 0. The monoisotopic (exact) mass is 266 g/mol. The second-order valence-corrected chi connectivity index (χ2v) is 4.17. The number of hydrogen-bond acceptors (Lipinski definition) is 4. The molecule has 1 heterocycles. The highest BCUT2D eigenvalue weighted by molar-refractivity contribution is 6.08. The molecule has 5 nitrogen and oxygen atoms in total. The van der Waals surface area contributed by atoms with E-state index in [2.05, 4.69) is 10.3 Å². The quantitative estimate of drug-likeness (QED) is 0.925. The third-order valence-corrected chi connectivity index (χ3v) is 2.96. The molecular weight excluding hydrogens is 252 g/mol.